The van der Waals surface area contributed by atoms with E-state index < -0.39 is 18.0 Å². The molecular weight excluding hydrogens is 598 g/mol. The zero-order valence-corrected chi connectivity index (χ0v) is 24.4. The first kappa shape index (κ1) is 35.0. The number of aliphatic carboxylic acids is 1. The van der Waals surface area contributed by atoms with Crippen LogP contribution in [0, 0.1) is 39.9 Å². The van der Waals surface area contributed by atoms with Gasteiger partial charge in [0.2, 0.25) is 0 Å². The molecule has 0 spiro atoms. The molecule has 0 aliphatic carbocycles. The molecule has 1 aliphatic heterocycles. The second kappa shape index (κ2) is 21.0. The number of β-amino-alcohol motifs (C(OH)–C–C–N with tert-alkyl or cyclic N) is 1. The summed E-state index contributed by atoms with van der Waals surface area (Å²) in [5, 5.41) is 21.7. The molecule has 1 N–H and O–H groups in total. The number of nitrogens with zero attached hydrogens (tertiary/aromatic N) is 4. The molecule has 1 fully saturated rings. The number of ether oxygens (including phenoxy) is 2. The van der Waals surface area contributed by atoms with Gasteiger partial charge in [-0.3, -0.25) is 9.80 Å². The van der Waals surface area contributed by atoms with Crippen molar-refractivity contribution in [2.75, 3.05) is 91.8 Å². The van der Waals surface area contributed by atoms with Crippen molar-refractivity contribution in [2.24, 2.45) is 0 Å². The minimum Gasteiger partial charge on any atom is -0.549 e. The van der Waals surface area contributed by atoms with Gasteiger partial charge in [0.15, 0.2) is 0 Å². The quantitative estimate of drug-likeness (QED) is 0.254. The van der Waals surface area contributed by atoms with Gasteiger partial charge in [0.1, 0.15) is 19.3 Å². The third kappa shape index (κ3) is 16.5. The first-order chi connectivity index (χ1) is 16.3. The second-order valence-electron chi connectivity index (χ2n) is 8.90. The van der Waals surface area contributed by atoms with Crippen molar-refractivity contribution >= 4 is 11.9 Å². The summed E-state index contributed by atoms with van der Waals surface area (Å²) >= 11 is 0. The number of carbonyl (C=O) groups is 2. The normalized spacial score (nSPS) is 18.9. The number of likely N-dealkylation sites (N-methyl/N-ethyl adjacent to an activating group) is 2. The number of carboxylic acid groups (broad SMARTS) is 1. The van der Waals surface area contributed by atoms with Gasteiger partial charge < -0.3 is 34.3 Å². The van der Waals surface area contributed by atoms with Gasteiger partial charge in [-0.05, 0) is 25.9 Å². The van der Waals surface area contributed by atoms with Crippen LogP contribution < -0.4 is 5.11 Å². The maximum Gasteiger partial charge on any atom is 3.00 e. The molecule has 0 aromatic carbocycles. The van der Waals surface area contributed by atoms with Crippen LogP contribution in [-0.2, 0) is 19.1 Å². The summed E-state index contributed by atoms with van der Waals surface area (Å²) in [5.41, 5.74) is 0. The van der Waals surface area contributed by atoms with Crippen LogP contribution in [-0.4, -0.2) is 141 Å². The number of esters is 1. The molecule has 0 aromatic rings. The molecule has 1 radical (unpaired) electrons. The van der Waals surface area contributed by atoms with Crippen LogP contribution in [0.15, 0.2) is 0 Å². The smallest absolute Gasteiger partial charge is 0.549 e. The standard InChI is InChI=1S/C24H48N4O6.Gd/c1-5-22(6-2)33-20-24(32)34-19-21(29)17-27-13-11-25(7-3)9-10-26(8-4)12-14-28(16-15-27)18-23(30)31;/h21-22,29H,5-20H2,1-4H3,(H,30,31);/q;+3/p-1. The zero-order valence-electron chi connectivity index (χ0n) is 22.1. The van der Waals surface area contributed by atoms with E-state index in [1.165, 1.54) is 0 Å². The van der Waals surface area contributed by atoms with Crippen LogP contribution in [0.2, 0.25) is 0 Å². The predicted octanol–water partition coefficient (Wildman–Crippen LogP) is -0.893. The molecule has 205 valence electrons. The monoisotopic (exact) mass is 645 g/mol. The fraction of sp³-hybridized carbons (Fsp3) is 0.917. The van der Waals surface area contributed by atoms with Gasteiger partial charge in [-0.2, -0.15) is 0 Å². The number of aliphatic hydroxyl groups is 1. The molecular formula is C24H47GdN4O6+2. The molecule has 1 aliphatic rings. The Kier molecular flexibility index (Phi) is 21.0. The van der Waals surface area contributed by atoms with Crippen molar-refractivity contribution < 1.29 is 69.2 Å². The predicted molar refractivity (Wildman–Crippen MR) is 129 cm³/mol. The Bertz CT molecular complexity index is 570. The Labute approximate surface area is 243 Å². The number of hydrogen-bond acceptors (Lipinski definition) is 10. The van der Waals surface area contributed by atoms with E-state index in [0.717, 1.165) is 58.7 Å². The third-order valence-electron chi connectivity index (χ3n) is 6.43. The number of carboxylic acids is 1. The molecule has 11 heteroatoms. The van der Waals surface area contributed by atoms with Crippen LogP contribution in [0.25, 0.3) is 0 Å². The number of hydrogen-bond donors (Lipinski definition) is 1. The molecule has 1 saturated heterocycles. The largest absolute Gasteiger partial charge is 3.00 e. The first-order valence-electron chi connectivity index (χ1n) is 12.9. The summed E-state index contributed by atoms with van der Waals surface area (Å²) in [4.78, 5) is 31.9. The van der Waals surface area contributed by atoms with Gasteiger partial charge >= 0.3 is 45.9 Å². The van der Waals surface area contributed by atoms with E-state index in [-0.39, 0.29) is 65.8 Å². The Morgan fingerprint density at radius 1 is 0.829 bits per heavy atom. The van der Waals surface area contributed by atoms with Crippen LogP contribution >= 0.6 is 0 Å². The van der Waals surface area contributed by atoms with E-state index in [0.29, 0.717) is 26.2 Å². The van der Waals surface area contributed by atoms with Crippen molar-refractivity contribution in [3.63, 3.8) is 0 Å². The molecule has 1 rings (SSSR count). The number of rotatable bonds is 13. The molecule has 0 amide bonds. The van der Waals surface area contributed by atoms with E-state index in [1.54, 1.807) is 0 Å². The van der Waals surface area contributed by atoms with Crippen LogP contribution in [0.3, 0.4) is 0 Å². The molecule has 0 aromatic heterocycles. The summed E-state index contributed by atoms with van der Waals surface area (Å²) in [6, 6.07) is 0. The Hall–Kier alpha value is 0.0247. The molecule has 1 unspecified atom stereocenters. The average Bonchev–Trinajstić information content (AvgIpc) is 2.81. The fourth-order valence-corrected chi connectivity index (χ4v) is 4.03. The average molecular weight is 645 g/mol. The maximum atomic E-state index is 12.0. The Morgan fingerprint density at radius 2 is 1.29 bits per heavy atom. The van der Waals surface area contributed by atoms with Crippen LogP contribution in [0.5, 0.6) is 0 Å². The topological polar surface area (TPSA) is 109 Å². The molecule has 10 nitrogen and oxygen atoms in total. The van der Waals surface area contributed by atoms with Crippen LogP contribution in [0.4, 0.5) is 0 Å². The van der Waals surface area contributed by atoms with E-state index in [9.17, 15) is 19.8 Å². The zero-order chi connectivity index (χ0) is 25.3. The molecule has 1 atom stereocenters. The number of carbonyl (C=O) groups excluding carboxylic acids is 2. The van der Waals surface area contributed by atoms with Gasteiger partial charge in [-0.15, -0.1) is 0 Å². The van der Waals surface area contributed by atoms with E-state index in [1.807, 2.05) is 18.7 Å². The van der Waals surface area contributed by atoms with Gasteiger partial charge in [-0.25, -0.2) is 4.79 Å². The van der Waals surface area contributed by atoms with Gasteiger partial charge in [0, 0.05) is 65.4 Å². The SMILES string of the molecule is CCC(CC)OCC(=O)OCC(O)CN1CCN(CC)CCN(CC)CCN(CC(=O)[O-])CC1.[Gd+3]. The van der Waals surface area contributed by atoms with E-state index >= 15 is 0 Å². The Balaban J connectivity index is 0.0000116. The van der Waals surface area contributed by atoms with Crippen molar-refractivity contribution in [1.29, 1.82) is 0 Å². The molecule has 35 heavy (non-hydrogen) atoms. The fourth-order valence-electron chi connectivity index (χ4n) is 4.03. The Morgan fingerprint density at radius 3 is 1.71 bits per heavy atom. The van der Waals surface area contributed by atoms with Gasteiger partial charge in [0.05, 0.1) is 12.1 Å². The molecule has 0 saturated carbocycles. The van der Waals surface area contributed by atoms with Gasteiger partial charge in [0.25, 0.3) is 0 Å². The van der Waals surface area contributed by atoms with Gasteiger partial charge in [-0.1, -0.05) is 27.7 Å². The van der Waals surface area contributed by atoms with Crippen molar-refractivity contribution in [2.45, 2.75) is 52.7 Å². The number of aliphatic hydroxyl groups excluding tert-OH is 1. The molecule has 1 heterocycles. The minimum atomic E-state index is -1.08. The summed E-state index contributed by atoms with van der Waals surface area (Å²) in [7, 11) is 0. The van der Waals surface area contributed by atoms with E-state index in [4.69, 9.17) is 9.47 Å². The van der Waals surface area contributed by atoms with Crippen molar-refractivity contribution in [3.05, 3.63) is 0 Å². The summed E-state index contributed by atoms with van der Waals surface area (Å²) in [5.74, 6) is -1.56. The van der Waals surface area contributed by atoms with Crippen LogP contribution in [0.1, 0.15) is 40.5 Å². The van der Waals surface area contributed by atoms with Crippen molar-refractivity contribution in [1.82, 2.24) is 19.6 Å². The van der Waals surface area contributed by atoms with E-state index in [2.05, 4.69) is 28.5 Å². The maximum absolute atomic E-state index is 12.0. The molecule has 0 bridgehead atoms. The summed E-state index contributed by atoms with van der Waals surface area (Å²) in [6.07, 6.45) is 0.878. The minimum absolute atomic E-state index is 0. The summed E-state index contributed by atoms with van der Waals surface area (Å²) in [6.45, 7) is 16.3. The first-order valence-corrected chi connectivity index (χ1v) is 12.9. The third-order valence-corrected chi connectivity index (χ3v) is 6.43. The van der Waals surface area contributed by atoms with Crippen molar-refractivity contribution in [3.8, 4) is 0 Å². The summed E-state index contributed by atoms with van der Waals surface area (Å²) < 4.78 is 10.7. The second-order valence-corrected chi connectivity index (χ2v) is 8.90.